The molecule has 1 fully saturated rings. The van der Waals surface area contributed by atoms with Crippen molar-refractivity contribution in [2.24, 2.45) is 0 Å². The zero-order valence-electron chi connectivity index (χ0n) is 14.9. The van der Waals surface area contributed by atoms with Crippen molar-refractivity contribution in [3.05, 3.63) is 54.2 Å². The molecule has 0 aliphatic carbocycles. The van der Waals surface area contributed by atoms with Crippen LogP contribution < -0.4 is 0 Å². The Balaban J connectivity index is 1.51. The number of carbonyl (C=O) groups excluding carboxylic acids is 1. The molecule has 2 aromatic heterocycles. The minimum atomic E-state index is 0.197. The number of hydrogen-bond acceptors (Lipinski definition) is 2. The van der Waals surface area contributed by atoms with Gasteiger partial charge in [-0.1, -0.05) is 18.2 Å². The minimum Gasteiger partial charge on any atom is -0.339 e. The summed E-state index contributed by atoms with van der Waals surface area (Å²) in [6.45, 7) is 6.15. The van der Waals surface area contributed by atoms with Gasteiger partial charge >= 0.3 is 0 Å². The highest BCUT2D eigenvalue weighted by Crippen LogP contribution is 2.24. The number of likely N-dealkylation sites (tertiary alicyclic amines) is 1. The van der Waals surface area contributed by atoms with Crippen LogP contribution in [0, 0.1) is 13.8 Å². The normalized spacial score (nSPS) is 18.0. The maximum atomic E-state index is 12.9. The number of hydrogen-bond donors (Lipinski definition) is 0. The molecule has 0 unspecified atom stereocenters. The van der Waals surface area contributed by atoms with E-state index in [2.05, 4.69) is 39.4 Å². The Bertz CT molecular complexity index is 907. The van der Waals surface area contributed by atoms with Crippen molar-refractivity contribution in [1.82, 2.24) is 19.0 Å². The first-order chi connectivity index (χ1) is 12.1. The number of piperidine rings is 1. The molecule has 0 spiro atoms. The van der Waals surface area contributed by atoms with Crippen LogP contribution in [-0.2, 0) is 11.3 Å². The van der Waals surface area contributed by atoms with E-state index in [9.17, 15) is 4.79 Å². The van der Waals surface area contributed by atoms with Gasteiger partial charge in [-0.3, -0.25) is 4.79 Å². The predicted molar refractivity (Wildman–Crippen MR) is 98.5 cm³/mol. The molecule has 25 heavy (non-hydrogen) atoms. The van der Waals surface area contributed by atoms with E-state index in [1.807, 2.05) is 36.4 Å². The highest BCUT2D eigenvalue weighted by Gasteiger charge is 2.25. The molecule has 0 saturated carbocycles. The van der Waals surface area contributed by atoms with Gasteiger partial charge in [0.05, 0.1) is 6.04 Å². The van der Waals surface area contributed by atoms with E-state index < -0.39 is 0 Å². The fourth-order valence-corrected chi connectivity index (χ4v) is 3.99. The number of imidazole rings is 1. The first-order valence-electron chi connectivity index (χ1n) is 8.95. The molecular formula is C20H24N4O. The van der Waals surface area contributed by atoms with E-state index in [1.165, 1.54) is 10.9 Å². The zero-order chi connectivity index (χ0) is 17.4. The van der Waals surface area contributed by atoms with Gasteiger partial charge in [-0.2, -0.15) is 0 Å². The van der Waals surface area contributed by atoms with Gasteiger partial charge in [-0.25, -0.2) is 4.98 Å². The molecule has 5 nitrogen and oxygen atoms in total. The van der Waals surface area contributed by atoms with Crippen molar-refractivity contribution in [2.75, 3.05) is 13.1 Å². The molecule has 1 amide bonds. The van der Waals surface area contributed by atoms with Gasteiger partial charge in [0.2, 0.25) is 5.91 Å². The first kappa shape index (κ1) is 15.9. The van der Waals surface area contributed by atoms with Crippen molar-refractivity contribution in [1.29, 1.82) is 0 Å². The molecule has 1 aliphatic rings. The van der Waals surface area contributed by atoms with E-state index >= 15 is 0 Å². The molecular weight excluding hydrogens is 312 g/mol. The molecule has 130 valence electrons. The SMILES string of the molecule is Cc1cn(CC(=O)N2CCC[C@H](n3ccnc3C)C2)c2ccccc12. The molecule has 3 aromatic rings. The van der Waals surface area contributed by atoms with Gasteiger partial charge in [0.25, 0.3) is 0 Å². The lowest BCUT2D eigenvalue weighted by atomic mass is 10.1. The van der Waals surface area contributed by atoms with Gasteiger partial charge in [0.1, 0.15) is 12.4 Å². The smallest absolute Gasteiger partial charge is 0.242 e. The van der Waals surface area contributed by atoms with Crippen LogP contribution in [0.4, 0.5) is 0 Å². The van der Waals surface area contributed by atoms with Crippen LogP contribution in [0.3, 0.4) is 0 Å². The third-order valence-corrected chi connectivity index (χ3v) is 5.30. The molecule has 0 radical (unpaired) electrons. The Kier molecular flexibility index (Phi) is 4.07. The van der Waals surface area contributed by atoms with Gasteiger partial charge in [0.15, 0.2) is 0 Å². The predicted octanol–water partition coefficient (Wildman–Crippen LogP) is 3.32. The first-order valence-corrected chi connectivity index (χ1v) is 8.95. The molecule has 3 heterocycles. The monoisotopic (exact) mass is 336 g/mol. The quantitative estimate of drug-likeness (QED) is 0.736. The summed E-state index contributed by atoms with van der Waals surface area (Å²) >= 11 is 0. The number of aryl methyl sites for hydroxylation is 2. The van der Waals surface area contributed by atoms with E-state index in [4.69, 9.17) is 0 Å². The van der Waals surface area contributed by atoms with Crippen LogP contribution in [-0.4, -0.2) is 38.0 Å². The number of nitrogens with zero attached hydrogens (tertiary/aromatic N) is 4. The van der Waals surface area contributed by atoms with Crippen molar-refractivity contribution < 1.29 is 4.79 Å². The second-order valence-electron chi connectivity index (χ2n) is 6.97. The van der Waals surface area contributed by atoms with Crippen LogP contribution in [0.25, 0.3) is 10.9 Å². The summed E-state index contributed by atoms with van der Waals surface area (Å²) in [6, 6.07) is 8.61. The maximum Gasteiger partial charge on any atom is 0.242 e. The Morgan fingerprint density at radius 3 is 2.92 bits per heavy atom. The number of amides is 1. The fraction of sp³-hybridized carbons (Fsp3) is 0.400. The molecule has 1 saturated heterocycles. The Hall–Kier alpha value is -2.56. The summed E-state index contributed by atoms with van der Waals surface area (Å²) in [7, 11) is 0. The van der Waals surface area contributed by atoms with Crippen molar-refractivity contribution in [2.45, 2.75) is 39.3 Å². The third-order valence-electron chi connectivity index (χ3n) is 5.30. The zero-order valence-corrected chi connectivity index (χ0v) is 14.9. The largest absolute Gasteiger partial charge is 0.339 e. The standard InChI is InChI=1S/C20H24N4O/c1-15-12-23(19-8-4-3-7-18(15)19)14-20(25)22-10-5-6-17(13-22)24-11-9-21-16(24)2/h3-4,7-9,11-12,17H,5-6,10,13-14H2,1-2H3/t17-/m0/s1. The number of para-hydroxylation sites is 1. The highest BCUT2D eigenvalue weighted by atomic mass is 16.2. The van der Waals surface area contributed by atoms with Gasteiger partial charge in [0, 0.05) is 42.6 Å². The third kappa shape index (κ3) is 2.95. The number of aromatic nitrogens is 3. The second-order valence-corrected chi connectivity index (χ2v) is 6.97. The lowest BCUT2D eigenvalue weighted by Crippen LogP contribution is -2.42. The molecule has 1 aliphatic heterocycles. The van der Waals surface area contributed by atoms with Crippen LogP contribution in [0.1, 0.15) is 30.3 Å². The number of benzene rings is 1. The Morgan fingerprint density at radius 1 is 1.28 bits per heavy atom. The fourth-order valence-electron chi connectivity index (χ4n) is 3.99. The summed E-state index contributed by atoms with van der Waals surface area (Å²) in [5.41, 5.74) is 2.35. The summed E-state index contributed by atoms with van der Waals surface area (Å²) in [5, 5.41) is 1.22. The number of rotatable bonds is 3. The summed E-state index contributed by atoms with van der Waals surface area (Å²) in [4.78, 5) is 19.2. The molecule has 0 N–H and O–H groups in total. The second kappa shape index (κ2) is 6.39. The van der Waals surface area contributed by atoms with E-state index in [0.717, 1.165) is 37.3 Å². The highest BCUT2D eigenvalue weighted by molar-refractivity contribution is 5.86. The van der Waals surface area contributed by atoms with Crippen LogP contribution in [0.2, 0.25) is 0 Å². The average Bonchev–Trinajstić information content (AvgIpc) is 3.19. The Morgan fingerprint density at radius 2 is 2.12 bits per heavy atom. The molecule has 1 aromatic carbocycles. The van der Waals surface area contributed by atoms with Gasteiger partial charge in [-0.05, 0) is 38.3 Å². The number of carbonyl (C=O) groups is 1. The summed E-state index contributed by atoms with van der Waals surface area (Å²) in [6.07, 6.45) is 8.09. The van der Waals surface area contributed by atoms with Crippen molar-refractivity contribution >= 4 is 16.8 Å². The van der Waals surface area contributed by atoms with Crippen molar-refractivity contribution in [3.63, 3.8) is 0 Å². The average molecular weight is 336 g/mol. The minimum absolute atomic E-state index is 0.197. The van der Waals surface area contributed by atoms with E-state index in [-0.39, 0.29) is 5.91 Å². The lowest BCUT2D eigenvalue weighted by molar-refractivity contribution is -0.133. The maximum absolute atomic E-state index is 12.9. The van der Waals surface area contributed by atoms with Gasteiger partial charge in [-0.15, -0.1) is 0 Å². The number of fused-ring (bicyclic) bond motifs is 1. The molecule has 4 rings (SSSR count). The van der Waals surface area contributed by atoms with Crippen LogP contribution >= 0.6 is 0 Å². The van der Waals surface area contributed by atoms with E-state index in [0.29, 0.717) is 12.6 Å². The summed E-state index contributed by atoms with van der Waals surface area (Å²) in [5.74, 6) is 1.22. The van der Waals surface area contributed by atoms with E-state index in [1.54, 1.807) is 0 Å². The van der Waals surface area contributed by atoms with Crippen LogP contribution in [0.15, 0.2) is 42.9 Å². The van der Waals surface area contributed by atoms with Gasteiger partial charge < -0.3 is 14.0 Å². The topological polar surface area (TPSA) is 43.1 Å². The molecule has 5 heteroatoms. The molecule has 1 atom stereocenters. The summed E-state index contributed by atoms with van der Waals surface area (Å²) < 4.78 is 4.29. The molecule has 0 bridgehead atoms. The lowest BCUT2D eigenvalue weighted by Gasteiger charge is -2.34. The van der Waals surface area contributed by atoms with Crippen LogP contribution in [0.5, 0.6) is 0 Å². The Labute approximate surface area is 147 Å². The van der Waals surface area contributed by atoms with Crippen molar-refractivity contribution in [3.8, 4) is 0 Å².